The molecule has 76 valence electrons. The topological polar surface area (TPSA) is 20.2 Å². The van der Waals surface area contributed by atoms with Crippen LogP contribution in [0.5, 0.6) is 0 Å². The van der Waals surface area contributed by atoms with Gasteiger partial charge in [0.15, 0.2) is 0 Å². The second-order valence-electron chi connectivity index (χ2n) is 5.48. The minimum atomic E-state index is -0.0515. The highest BCUT2D eigenvalue weighted by Crippen LogP contribution is 2.50. The molecule has 2 bridgehead atoms. The lowest BCUT2D eigenvalue weighted by molar-refractivity contribution is 0.0845. The molecule has 0 aromatic carbocycles. The average molecular weight is 182 g/mol. The summed E-state index contributed by atoms with van der Waals surface area (Å²) in [6.45, 7) is 4.25. The van der Waals surface area contributed by atoms with Crippen molar-refractivity contribution in [3.05, 3.63) is 0 Å². The molecular weight excluding hydrogens is 160 g/mol. The third-order valence-electron chi connectivity index (χ3n) is 4.20. The molecule has 2 fully saturated rings. The van der Waals surface area contributed by atoms with Crippen molar-refractivity contribution in [2.24, 2.45) is 23.7 Å². The van der Waals surface area contributed by atoms with Crippen LogP contribution in [-0.2, 0) is 0 Å². The molecule has 0 heterocycles. The molecule has 1 nitrogen and oxygen atoms in total. The lowest BCUT2D eigenvalue weighted by Gasteiger charge is -2.25. The maximum atomic E-state index is 9.81. The number of rotatable bonds is 3. The molecule has 0 aromatic rings. The van der Waals surface area contributed by atoms with E-state index in [0.717, 1.165) is 24.2 Å². The molecule has 1 N–H and O–H groups in total. The second-order valence-corrected chi connectivity index (χ2v) is 5.48. The predicted molar refractivity (Wildman–Crippen MR) is 54.4 cm³/mol. The molecule has 0 amide bonds. The highest BCUT2D eigenvalue weighted by Gasteiger charge is 2.40. The Morgan fingerprint density at radius 2 is 2.00 bits per heavy atom. The summed E-state index contributed by atoms with van der Waals surface area (Å²) >= 11 is 0. The highest BCUT2D eigenvalue weighted by molar-refractivity contribution is 4.90. The first kappa shape index (κ1) is 9.51. The zero-order valence-electron chi connectivity index (χ0n) is 8.87. The van der Waals surface area contributed by atoms with E-state index >= 15 is 0 Å². The largest absolute Gasteiger partial charge is 0.393 e. The minimum Gasteiger partial charge on any atom is -0.393 e. The van der Waals surface area contributed by atoms with Crippen LogP contribution in [0.3, 0.4) is 0 Å². The van der Waals surface area contributed by atoms with Gasteiger partial charge in [-0.15, -0.1) is 0 Å². The Hall–Kier alpha value is -0.0400. The van der Waals surface area contributed by atoms with Crippen LogP contribution < -0.4 is 0 Å². The molecule has 13 heavy (non-hydrogen) atoms. The van der Waals surface area contributed by atoms with Crippen molar-refractivity contribution < 1.29 is 5.11 Å². The Balaban J connectivity index is 1.83. The third-order valence-corrected chi connectivity index (χ3v) is 4.20. The molecule has 0 saturated heterocycles. The van der Waals surface area contributed by atoms with E-state index in [1.807, 2.05) is 0 Å². The summed E-state index contributed by atoms with van der Waals surface area (Å²) in [6.07, 6.45) is 6.81. The first-order valence-corrected chi connectivity index (χ1v) is 5.85. The van der Waals surface area contributed by atoms with Crippen LogP contribution in [-0.4, -0.2) is 11.2 Å². The normalized spacial score (nSPS) is 40.2. The Morgan fingerprint density at radius 1 is 1.23 bits per heavy atom. The second kappa shape index (κ2) is 3.61. The molecule has 0 radical (unpaired) electrons. The summed E-state index contributed by atoms with van der Waals surface area (Å²) in [4.78, 5) is 0. The molecule has 0 aliphatic heterocycles. The van der Waals surface area contributed by atoms with Gasteiger partial charge in [-0.2, -0.15) is 0 Å². The van der Waals surface area contributed by atoms with Gasteiger partial charge in [0, 0.05) is 0 Å². The van der Waals surface area contributed by atoms with Gasteiger partial charge in [0.25, 0.3) is 0 Å². The van der Waals surface area contributed by atoms with Gasteiger partial charge in [0.1, 0.15) is 0 Å². The van der Waals surface area contributed by atoms with Crippen molar-refractivity contribution in [1.82, 2.24) is 0 Å². The van der Waals surface area contributed by atoms with Crippen LogP contribution in [0.1, 0.15) is 46.0 Å². The van der Waals surface area contributed by atoms with Gasteiger partial charge in [0.05, 0.1) is 6.10 Å². The van der Waals surface area contributed by atoms with Gasteiger partial charge in [-0.05, 0) is 49.4 Å². The summed E-state index contributed by atoms with van der Waals surface area (Å²) < 4.78 is 0. The van der Waals surface area contributed by atoms with Crippen LogP contribution in [0, 0.1) is 23.7 Å². The Bertz CT molecular complexity index is 176. The number of aliphatic hydroxyl groups excluding tert-OH is 1. The molecule has 2 aliphatic carbocycles. The van der Waals surface area contributed by atoms with Gasteiger partial charge < -0.3 is 5.11 Å². The van der Waals surface area contributed by atoms with Gasteiger partial charge in [-0.1, -0.05) is 20.3 Å². The van der Waals surface area contributed by atoms with E-state index in [1.165, 1.54) is 25.7 Å². The highest BCUT2D eigenvalue weighted by atomic mass is 16.3. The van der Waals surface area contributed by atoms with Crippen molar-refractivity contribution in [3.8, 4) is 0 Å². The number of hydrogen-bond donors (Lipinski definition) is 1. The average Bonchev–Trinajstić information content (AvgIpc) is 2.64. The summed E-state index contributed by atoms with van der Waals surface area (Å²) in [5.74, 6) is 3.29. The lowest BCUT2D eigenvalue weighted by atomic mass is 9.83. The first-order chi connectivity index (χ1) is 6.16. The Morgan fingerprint density at radius 3 is 2.46 bits per heavy atom. The van der Waals surface area contributed by atoms with Crippen molar-refractivity contribution in [3.63, 3.8) is 0 Å². The van der Waals surface area contributed by atoms with E-state index in [1.54, 1.807) is 0 Å². The van der Waals surface area contributed by atoms with E-state index < -0.39 is 0 Å². The zero-order chi connectivity index (χ0) is 9.42. The van der Waals surface area contributed by atoms with Crippen LogP contribution >= 0.6 is 0 Å². The number of fused-ring (bicyclic) bond motifs is 2. The van der Waals surface area contributed by atoms with Crippen LogP contribution in [0.15, 0.2) is 0 Å². The summed E-state index contributed by atoms with van der Waals surface area (Å²) in [7, 11) is 0. The molecule has 0 aromatic heterocycles. The quantitative estimate of drug-likeness (QED) is 0.711. The van der Waals surface area contributed by atoms with Crippen molar-refractivity contribution in [2.45, 2.75) is 52.1 Å². The van der Waals surface area contributed by atoms with E-state index in [-0.39, 0.29) is 6.10 Å². The molecule has 2 aliphatic rings. The smallest absolute Gasteiger partial charge is 0.0565 e. The van der Waals surface area contributed by atoms with E-state index in [4.69, 9.17) is 0 Å². The first-order valence-electron chi connectivity index (χ1n) is 5.85. The van der Waals surface area contributed by atoms with Crippen molar-refractivity contribution in [1.29, 1.82) is 0 Å². The fraction of sp³-hybridized carbons (Fsp3) is 1.00. The van der Waals surface area contributed by atoms with Crippen LogP contribution in [0.2, 0.25) is 0 Å². The summed E-state index contributed by atoms with van der Waals surface area (Å²) in [5.41, 5.74) is 0. The number of aliphatic hydroxyl groups is 1. The van der Waals surface area contributed by atoms with Crippen molar-refractivity contribution in [2.75, 3.05) is 0 Å². The molecule has 2 rings (SSSR count). The SMILES string of the molecule is CC(C)C(O)CC1CC2CCC1C2. The fourth-order valence-electron chi connectivity index (χ4n) is 3.25. The molecule has 0 spiro atoms. The fourth-order valence-corrected chi connectivity index (χ4v) is 3.25. The van der Waals surface area contributed by atoms with Gasteiger partial charge in [0.2, 0.25) is 0 Å². The van der Waals surface area contributed by atoms with Crippen molar-refractivity contribution >= 4 is 0 Å². The van der Waals surface area contributed by atoms with Gasteiger partial charge in [-0.3, -0.25) is 0 Å². The maximum absolute atomic E-state index is 9.81. The Kier molecular flexibility index (Phi) is 2.64. The van der Waals surface area contributed by atoms with E-state index in [0.29, 0.717) is 5.92 Å². The third kappa shape index (κ3) is 1.90. The molecule has 4 unspecified atom stereocenters. The molecule has 4 atom stereocenters. The van der Waals surface area contributed by atoms with E-state index in [2.05, 4.69) is 13.8 Å². The van der Waals surface area contributed by atoms with Crippen LogP contribution in [0.4, 0.5) is 0 Å². The van der Waals surface area contributed by atoms with Crippen LogP contribution in [0.25, 0.3) is 0 Å². The summed E-state index contributed by atoms with van der Waals surface area (Å²) in [6, 6.07) is 0. The van der Waals surface area contributed by atoms with Gasteiger partial charge in [-0.25, -0.2) is 0 Å². The number of hydrogen-bond acceptors (Lipinski definition) is 1. The maximum Gasteiger partial charge on any atom is 0.0565 e. The van der Waals surface area contributed by atoms with Gasteiger partial charge >= 0.3 is 0 Å². The summed E-state index contributed by atoms with van der Waals surface area (Å²) in [5, 5.41) is 9.81. The molecule has 2 saturated carbocycles. The standard InChI is InChI=1S/C12H22O/c1-8(2)12(13)7-11-6-9-3-4-10(11)5-9/h8-13H,3-7H2,1-2H3. The molecule has 1 heteroatoms. The monoisotopic (exact) mass is 182 g/mol. The lowest BCUT2D eigenvalue weighted by Crippen LogP contribution is -2.22. The zero-order valence-corrected chi connectivity index (χ0v) is 8.87. The Labute approximate surface area is 81.5 Å². The minimum absolute atomic E-state index is 0.0515. The van der Waals surface area contributed by atoms with E-state index in [9.17, 15) is 5.11 Å². The molecular formula is C12H22O. The predicted octanol–water partition coefficient (Wildman–Crippen LogP) is 2.83.